The molecule has 10 heteroatoms. The van der Waals surface area contributed by atoms with Gasteiger partial charge in [-0.25, -0.2) is 8.42 Å². The number of ketones is 1. The minimum Gasteiger partial charge on any atom is -0.485 e. The number of morpholine rings is 1. The molecule has 0 aromatic heterocycles. The lowest BCUT2D eigenvalue weighted by Crippen LogP contribution is -2.50. The maximum absolute atomic E-state index is 12.8. The van der Waals surface area contributed by atoms with Crippen LogP contribution in [0.4, 0.5) is 5.69 Å². The number of hydrogen-bond donors (Lipinski definition) is 1. The van der Waals surface area contributed by atoms with E-state index in [1.54, 1.807) is 23.1 Å². The number of benzene rings is 2. The van der Waals surface area contributed by atoms with Crippen LogP contribution in [0.25, 0.3) is 0 Å². The number of sulfonamides is 1. The lowest BCUT2D eigenvalue weighted by Gasteiger charge is -2.32. The van der Waals surface area contributed by atoms with Crippen molar-refractivity contribution >= 4 is 27.4 Å². The highest BCUT2D eigenvalue weighted by Gasteiger charge is 2.32. The first-order valence-corrected chi connectivity index (χ1v) is 11.3. The Bertz CT molecular complexity index is 1110. The van der Waals surface area contributed by atoms with Gasteiger partial charge in [0.25, 0.3) is 15.9 Å². The Morgan fingerprint density at radius 2 is 1.84 bits per heavy atom. The van der Waals surface area contributed by atoms with Crippen LogP contribution in [-0.2, 0) is 19.6 Å². The molecule has 2 aromatic rings. The second-order valence-corrected chi connectivity index (χ2v) is 8.89. The Balaban J connectivity index is 1.49. The first-order valence-electron chi connectivity index (χ1n) is 9.77. The van der Waals surface area contributed by atoms with Crippen LogP contribution in [0, 0.1) is 0 Å². The predicted octanol–water partition coefficient (Wildman–Crippen LogP) is 1.69. The summed E-state index contributed by atoms with van der Waals surface area (Å²) >= 11 is 0. The average molecular weight is 446 g/mol. The van der Waals surface area contributed by atoms with Crippen LogP contribution in [0.3, 0.4) is 0 Å². The lowest BCUT2D eigenvalue weighted by atomic mass is 10.1. The molecule has 0 spiro atoms. The average Bonchev–Trinajstić information content (AvgIpc) is 2.78. The van der Waals surface area contributed by atoms with Gasteiger partial charge in [-0.1, -0.05) is 12.1 Å². The maximum atomic E-state index is 12.8. The molecule has 1 unspecified atom stereocenters. The molecule has 0 aliphatic carbocycles. The van der Waals surface area contributed by atoms with Gasteiger partial charge in [-0.05, 0) is 31.2 Å². The van der Waals surface area contributed by atoms with Crippen LogP contribution < -0.4 is 14.2 Å². The summed E-state index contributed by atoms with van der Waals surface area (Å²) in [4.78, 5) is 25.8. The van der Waals surface area contributed by atoms with Gasteiger partial charge in [-0.3, -0.25) is 14.3 Å². The van der Waals surface area contributed by atoms with Crippen molar-refractivity contribution in [3.63, 3.8) is 0 Å². The molecule has 1 amide bonds. The predicted molar refractivity (Wildman–Crippen MR) is 111 cm³/mol. The van der Waals surface area contributed by atoms with Gasteiger partial charge in [0.1, 0.15) is 6.61 Å². The summed E-state index contributed by atoms with van der Waals surface area (Å²) in [7, 11) is -3.92. The second-order valence-electron chi connectivity index (χ2n) is 7.21. The molecule has 2 aliphatic heterocycles. The number of nitrogens with zero attached hydrogens (tertiary/aromatic N) is 1. The quantitative estimate of drug-likeness (QED) is 0.696. The van der Waals surface area contributed by atoms with E-state index in [1.165, 1.54) is 31.2 Å². The fraction of sp³-hybridized carbons (Fsp3) is 0.333. The Morgan fingerprint density at radius 1 is 1.06 bits per heavy atom. The van der Waals surface area contributed by atoms with Gasteiger partial charge in [0.05, 0.1) is 18.1 Å². The monoisotopic (exact) mass is 446 g/mol. The van der Waals surface area contributed by atoms with Crippen LogP contribution >= 0.6 is 0 Å². The molecule has 0 saturated carbocycles. The van der Waals surface area contributed by atoms with Crippen LogP contribution in [0.15, 0.2) is 47.4 Å². The Labute approximate surface area is 179 Å². The molecule has 2 aliphatic rings. The third kappa shape index (κ3) is 4.64. The third-order valence-corrected chi connectivity index (χ3v) is 6.38. The van der Waals surface area contributed by atoms with E-state index in [4.69, 9.17) is 14.2 Å². The number of amides is 1. The van der Waals surface area contributed by atoms with Gasteiger partial charge >= 0.3 is 0 Å². The van der Waals surface area contributed by atoms with Gasteiger partial charge in [0, 0.05) is 30.4 Å². The normalized spacial score (nSPS) is 18.4. The van der Waals surface area contributed by atoms with Crippen LogP contribution in [-0.4, -0.2) is 64.0 Å². The summed E-state index contributed by atoms with van der Waals surface area (Å²) in [6, 6.07) is 10.4. The fourth-order valence-electron chi connectivity index (χ4n) is 3.34. The molecule has 31 heavy (non-hydrogen) atoms. The Kier molecular flexibility index (Phi) is 5.84. The van der Waals surface area contributed by atoms with Crippen molar-refractivity contribution in [2.24, 2.45) is 0 Å². The molecule has 1 saturated heterocycles. The van der Waals surface area contributed by atoms with Gasteiger partial charge in [-0.2, -0.15) is 0 Å². The zero-order valence-electron chi connectivity index (χ0n) is 16.9. The standard InChI is InChI=1S/C21H22N2O7S/c1-14(24)15-3-2-4-16(11-15)22-31(26,27)17-5-6-18-19(12-17)29-13-20(30-18)21(25)23-7-9-28-10-8-23/h2-6,11-12,20,22H,7-10,13H2,1H3. The number of rotatable bonds is 5. The van der Waals surface area contributed by atoms with E-state index < -0.39 is 16.1 Å². The number of carbonyl (C=O) groups excluding carboxylic acids is 2. The molecule has 9 nitrogen and oxygen atoms in total. The lowest BCUT2D eigenvalue weighted by molar-refractivity contribution is -0.145. The number of fused-ring (bicyclic) bond motifs is 1. The van der Waals surface area contributed by atoms with Gasteiger partial charge in [0.15, 0.2) is 17.3 Å². The third-order valence-electron chi connectivity index (χ3n) is 5.00. The first kappa shape index (κ1) is 21.1. The van der Waals surface area contributed by atoms with Crippen molar-refractivity contribution in [2.75, 3.05) is 37.6 Å². The van der Waals surface area contributed by atoms with Gasteiger partial charge in [0.2, 0.25) is 6.10 Å². The van der Waals surface area contributed by atoms with E-state index in [9.17, 15) is 18.0 Å². The zero-order chi connectivity index (χ0) is 22.0. The fourth-order valence-corrected chi connectivity index (χ4v) is 4.41. The van der Waals surface area contributed by atoms with Crippen molar-refractivity contribution in [1.82, 2.24) is 4.90 Å². The Morgan fingerprint density at radius 3 is 2.58 bits per heavy atom. The molecule has 1 N–H and O–H groups in total. The van der Waals surface area contributed by atoms with E-state index in [0.717, 1.165) is 0 Å². The van der Waals surface area contributed by atoms with Crippen molar-refractivity contribution in [1.29, 1.82) is 0 Å². The van der Waals surface area contributed by atoms with Gasteiger partial charge in [-0.15, -0.1) is 0 Å². The highest BCUT2D eigenvalue weighted by atomic mass is 32.2. The molecular weight excluding hydrogens is 424 g/mol. The maximum Gasteiger partial charge on any atom is 0.267 e. The van der Waals surface area contributed by atoms with Crippen LogP contribution in [0.5, 0.6) is 11.5 Å². The summed E-state index contributed by atoms with van der Waals surface area (Å²) in [6.07, 6.45) is -0.791. The highest BCUT2D eigenvalue weighted by Crippen LogP contribution is 2.34. The minimum absolute atomic E-state index is 0.0131. The van der Waals surface area contributed by atoms with Gasteiger partial charge < -0.3 is 19.1 Å². The van der Waals surface area contributed by atoms with Crippen LogP contribution in [0.2, 0.25) is 0 Å². The van der Waals surface area contributed by atoms with E-state index in [-0.39, 0.29) is 34.6 Å². The zero-order valence-corrected chi connectivity index (χ0v) is 17.7. The highest BCUT2D eigenvalue weighted by molar-refractivity contribution is 7.92. The van der Waals surface area contributed by atoms with E-state index in [2.05, 4.69) is 4.72 Å². The molecule has 4 rings (SSSR count). The smallest absolute Gasteiger partial charge is 0.267 e. The van der Waals surface area contributed by atoms with Crippen molar-refractivity contribution in [3.05, 3.63) is 48.0 Å². The topological polar surface area (TPSA) is 111 Å². The number of carbonyl (C=O) groups is 2. The van der Waals surface area contributed by atoms with Crippen molar-refractivity contribution < 1.29 is 32.2 Å². The number of ether oxygens (including phenoxy) is 3. The van der Waals surface area contributed by atoms with Crippen molar-refractivity contribution in [2.45, 2.75) is 17.9 Å². The molecule has 0 radical (unpaired) electrons. The largest absolute Gasteiger partial charge is 0.485 e. The molecule has 1 fully saturated rings. The van der Waals surface area contributed by atoms with E-state index >= 15 is 0 Å². The number of hydrogen-bond acceptors (Lipinski definition) is 7. The minimum atomic E-state index is -3.92. The molecule has 2 heterocycles. The second kappa shape index (κ2) is 8.56. The summed E-state index contributed by atoms with van der Waals surface area (Å²) in [5, 5.41) is 0. The summed E-state index contributed by atoms with van der Waals surface area (Å²) in [5.74, 6) is 0.195. The molecule has 2 aromatic carbocycles. The Hall–Kier alpha value is -3.11. The first-order chi connectivity index (χ1) is 14.8. The summed E-state index contributed by atoms with van der Waals surface area (Å²) in [6.45, 7) is 3.36. The number of anilines is 1. The number of Topliss-reactive ketones (excluding diaryl/α,β-unsaturated/α-hetero) is 1. The number of nitrogens with one attached hydrogen (secondary N) is 1. The van der Waals surface area contributed by atoms with E-state index in [1.807, 2.05) is 0 Å². The molecular formula is C21H22N2O7S. The van der Waals surface area contributed by atoms with E-state index in [0.29, 0.717) is 37.6 Å². The molecule has 1 atom stereocenters. The SMILES string of the molecule is CC(=O)c1cccc(NS(=O)(=O)c2ccc3c(c2)OCC(C(=O)N2CCOCC2)O3)c1. The molecule has 164 valence electrons. The summed E-state index contributed by atoms with van der Waals surface area (Å²) < 4.78 is 44.7. The molecule has 0 bridgehead atoms. The van der Waals surface area contributed by atoms with Crippen molar-refractivity contribution in [3.8, 4) is 11.5 Å². The van der Waals surface area contributed by atoms with Crippen LogP contribution in [0.1, 0.15) is 17.3 Å². The summed E-state index contributed by atoms with van der Waals surface area (Å²) in [5.41, 5.74) is 0.678.